The molecule has 0 spiro atoms. The first-order valence-corrected chi connectivity index (χ1v) is 6.59. The van der Waals surface area contributed by atoms with Crippen LogP contribution in [-0.4, -0.2) is 24.1 Å². The lowest BCUT2D eigenvalue weighted by atomic mass is 10.2. The molecule has 0 aromatic rings. The number of hydrogen-bond acceptors (Lipinski definition) is 2. The molecule has 0 rings (SSSR count). The van der Waals surface area contributed by atoms with Gasteiger partial charge in [-0.2, -0.15) is 11.8 Å². The minimum atomic E-state index is 0.687. The van der Waals surface area contributed by atoms with E-state index in [0.717, 1.165) is 5.25 Å². The summed E-state index contributed by atoms with van der Waals surface area (Å²) in [5.41, 5.74) is 0. The van der Waals surface area contributed by atoms with Gasteiger partial charge in [0.15, 0.2) is 0 Å². The van der Waals surface area contributed by atoms with E-state index in [1.54, 1.807) is 0 Å². The molecule has 0 aliphatic heterocycles. The maximum Gasteiger partial charge on any atom is 0.0178 e. The molecule has 0 bridgehead atoms. The maximum absolute atomic E-state index is 3.37. The second-order valence-electron chi connectivity index (χ2n) is 3.59. The Balaban J connectivity index is 3.42. The van der Waals surface area contributed by atoms with Crippen LogP contribution in [0.5, 0.6) is 0 Å². The summed E-state index contributed by atoms with van der Waals surface area (Å²) in [6, 6.07) is 0.687. The summed E-state index contributed by atoms with van der Waals surface area (Å²) in [5.74, 6) is 1.33. The van der Waals surface area contributed by atoms with E-state index >= 15 is 0 Å². The van der Waals surface area contributed by atoms with Crippen LogP contribution in [0.25, 0.3) is 0 Å². The minimum absolute atomic E-state index is 0.687. The smallest absolute Gasteiger partial charge is 0.0178 e. The van der Waals surface area contributed by atoms with Gasteiger partial charge in [-0.05, 0) is 25.6 Å². The molecule has 0 saturated carbocycles. The summed E-state index contributed by atoms with van der Waals surface area (Å²) < 4.78 is 0. The molecule has 0 aliphatic carbocycles. The van der Waals surface area contributed by atoms with Gasteiger partial charge in [-0.3, -0.25) is 0 Å². The zero-order chi connectivity index (χ0) is 10.1. The van der Waals surface area contributed by atoms with E-state index in [2.05, 4.69) is 44.9 Å². The van der Waals surface area contributed by atoms with Crippen LogP contribution in [0.3, 0.4) is 0 Å². The topological polar surface area (TPSA) is 12.0 Å². The Kier molecular flexibility index (Phi) is 9.10. The summed E-state index contributed by atoms with van der Waals surface area (Å²) >= 11 is 2.11. The van der Waals surface area contributed by atoms with Crippen LogP contribution in [0.15, 0.2) is 0 Å². The fourth-order valence-electron chi connectivity index (χ4n) is 1.51. The Morgan fingerprint density at radius 1 is 1.23 bits per heavy atom. The van der Waals surface area contributed by atoms with E-state index in [9.17, 15) is 0 Å². The molecule has 80 valence electrons. The molecule has 13 heavy (non-hydrogen) atoms. The van der Waals surface area contributed by atoms with Crippen molar-refractivity contribution in [3.63, 3.8) is 0 Å². The van der Waals surface area contributed by atoms with Crippen molar-refractivity contribution in [3.8, 4) is 0 Å². The van der Waals surface area contributed by atoms with Gasteiger partial charge in [-0.15, -0.1) is 0 Å². The first-order chi connectivity index (χ1) is 6.26. The number of nitrogens with one attached hydrogen (secondary N) is 1. The Morgan fingerprint density at radius 3 is 2.38 bits per heavy atom. The van der Waals surface area contributed by atoms with Gasteiger partial charge in [0.1, 0.15) is 0 Å². The predicted molar refractivity (Wildman–Crippen MR) is 64.6 cm³/mol. The average Bonchev–Trinajstić information content (AvgIpc) is 2.14. The summed E-state index contributed by atoms with van der Waals surface area (Å²) in [6.07, 6.45) is 5.33. The molecule has 2 atom stereocenters. The van der Waals surface area contributed by atoms with Crippen molar-refractivity contribution in [1.29, 1.82) is 0 Å². The molecule has 1 nitrogen and oxygen atoms in total. The number of thioether (sulfide) groups is 1. The van der Waals surface area contributed by atoms with Gasteiger partial charge in [0.05, 0.1) is 0 Å². The van der Waals surface area contributed by atoms with E-state index in [1.165, 1.54) is 31.4 Å². The molecule has 0 radical (unpaired) electrons. The Labute approximate surface area is 88.1 Å². The Morgan fingerprint density at radius 2 is 1.92 bits per heavy atom. The summed E-state index contributed by atoms with van der Waals surface area (Å²) in [7, 11) is 2.07. The second kappa shape index (κ2) is 8.89. The summed E-state index contributed by atoms with van der Waals surface area (Å²) in [5, 5.41) is 4.13. The summed E-state index contributed by atoms with van der Waals surface area (Å²) in [6.45, 7) is 6.85. The SMILES string of the molecule is CCCCCSC(C)C(CC)NC. The number of rotatable bonds is 8. The molecule has 2 unspecified atom stereocenters. The lowest BCUT2D eigenvalue weighted by Gasteiger charge is -2.21. The maximum atomic E-state index is 3.37. The first-order valence-electron chi connectivity index (χ1n) is 5.55. The van der Waals surface area contributed by atoms with Gasteiger partial charge in [-0.1, -0.05) is 33.6 Å². The third-order valence-electron chi connectivity index (χ3n) is 2.51. The predicted octanol–water partition coefficient (Wildman–Crippen LogP) is 3.30. The molecule has 0 aromatic carbocycles. The number of unbranched alkanes of at least 4 members (excludes halogenated alkanes) is 2. The summed E-state index contributed by atoms with van der Waals surface area (Å²) in [4.78, 5) is 0. The van der Waals surface area contributed by atoms with Gasteiger partial charge in [0, 0.05) is 11.3 Å². The molecular formula is C11H25NS. The van der Waals surface area contributed by atoms with Crippen molar-refractivity contribution >= 4 is 11.8 Å². The molecular weight excluding hydrogens is 178 g/mol. The van der Waals surface area contributed by atoms with Crippen molar-refractivity contribution in [2.45, 2.75) is 57.7 Å². The zero-order valence-electron chi connectivity index (χ0n) is 9.60. The van der Waals surface area contributed by atoms with Gasteiger partial charge < -0.3 is 5.32 Å². The Bertz CT molecular complexity index is 102. The largest absolute Gasteiger partial charge is 0.316 e. The molecule has 0 fully saturated rings. The van der Waals surface area contributed by atoms with Crippen molar-refractivity contribution in [2.24, 2.45) is 0 Å². The quantitative estimate of drug-likeness (QED) is 0.608. The molecule has 0 amide bonds. The third kappa shape index (κ3) is 6.39. The standard InChI is InChI=1S/C11H25NS/c1-5-7-8-9-13-10(3)11(6-2)12-4/h10-12H,5-9H2,1-4H3. The lowest BCUT2D eigenvalue weighted by Crippen LogP contribution is -2.33. The molecule has 0 aliphatic rings. The first kappa shape index (κ1) is 13.3. The number of hydrogen-bond donors (Lipinski definition) is 1. The van der Waals surface area contributed by atoms with Crippen molar-refractivity contribution in [2.75, 3.05) is 12.8 Å². The third-order valence-corrected chi connectivity index (χ3v) is 3.88. The van der Waals surface area contributed by atoms with Crippen LogP contribution in [0.2, 0.25) is 0 Å². The fraction of sp³-hybridized carbons (Fsp3) is 1.00. The zero-order valence-corrected chi connectivity index (χ0v) is 10.4. The van der Waals surface area contributed by atoms with E-state index in [1.807, 2.05) is 0 Å². The van der Waals surface area contributed by atoms with E-state index in [-0.39, 0.29) is 0 Å². The highest BCUT2D eigenvalue weighted by molar-refractivity contribution is 7.99. The van der Waals surface area contributed by atoms with Gasteiger partial charge >= 0.3 is 0 Å². The van der Waals surface area contributed by atoms with E-state index < -0.39 is 0 Å². The fourth-order valence-corrected chi connectivity index (χ4v) is 2.81. The van der Waals surface area contributed by atoms with Crippen LogP contribution < -0.4 is 5.32 Å². The van der Waals surface area contributed by atoms with E-state index in [0.29, 0.717) is 6.04 Å². The Hall–Kier alpha value is 0.310. The second-order valence-corrected chi connectivity index (χ2v) is 5.07. The van der Waals surface area contributed by atoms with Gasteiger partial charge in [0.25, 0.3) is 0 Å². The molecule has 0 saturated heterocycles. The van der Waals surface area contributed by atoms with Gasteiger partial charge in [-0.25, -0.2) is 0 Å². The van der Waals surface area contributed by atoms with Crippen LogP contribution in [0, 0.1) is 0 Å². The average molecular weight is 203 g/mol. The van der Waals surface area contributed by atoms with Crippen molar-refractivity contribution in [3.05, 3.63) is 0 Å². The van der Waals surface area contributed by atoms with Crippen LogP contribution in [0.1, 0.15) is 46.5 Å². The molecule has 1 N–H and O–H groups in total. The van der Waals surface area contributed by atoms with Crippen LogP contribution >= 0.6 is 11.8 Å². The lowest BCUT2D eigenvalue weighted by molar-refractivity contribution is 0.541. The molecule has 0 aromatic heterocycles. The highest BCUT2D eigenvalue weighted by atomic mass is 32.2. The molecule has 0 heterocycles. The van der Waals surface area contributed by atoms with Crippen molar-refractivity contribution < 1.29 is 0 Å². The molecule has 2 heteroatoms. The van der Waals surface area contributed by atoms with Crippen molar-refractivity contribution in [1.82, 2.24) is 5.32 Å². The monoisotopic (exact) mass is 203 g/mol. The van der Waals surface area contributed by atoms with E-state index in [4.69, 9.17) is 0 Å². The highest BCUT2D eigenvalue weighted by Crippen LogP contribution is 2.17. The van der Waals surface area contributed by atoms with Gasteiger partial charge in [0.2, 0.25) is 0 Å². The normalized spacial score (nSPS) is 15.7. The van der Waals surface area contributed by atoms with Crippen LogP contribution in [-0.2, 0) is 0 Å². The van der Waals surface area contributed by atoms with Crippen LogP contribution in [0.4, 0.5) is 0 Å². The minimum Gasteiger partial charge on any atom is -0.316 e. The highest BCUT2D eigenvalue weighted by Gasteiger charge is 2.12.